The second kappa shape index (κ2) is 9.47. The van der Waals surface area contributed by atoms with Gasteiger partial charge in [-0.1, -0.05) is 24.8 Å². The molecule has 2 aromatic rings. The summed E-state index contributed by atoms with van der Waals surface area (Å²) in [7, 11) is 0. The van der Waals surface area contributed by atoms with Crippen molar-refractivity contribution in [2.45, 2.75) is 39.3 Å². The van der Waals surface area contributed by atoms with Crippen molar-refractivity contribution in [2.75, 3.05) is 11.9 Å². The monoisotopic (exact) mass is 420 g/mol. The summed E-state index contributed by atoms with van der Waals surface area (Å²) in [6.45, 7) is 10.2. The molecule has 7 heteroatoms. The van der Waals surface area contributed by atoms with Gasteiger partial charge >= 0.3 is 6.09 Å². The quantitative estimate of drug-likeness (QED) is 0.728. The van der Waals surface area contributed by atoms with Crippen molar-refractivity contribution in [2.24, 2.45) is 0 Å². The van der Waals surface area contributed by atoms with E-state index in [4.69, 9.17) is 4.74 Å². The van der Waals surface area contributed by atoms with Gasteiger partial charge in [0.15, 0.2) is 0 Å². The summed E-state index contributed by atoms with van der Waals surface area (Å²) in [5.74, 6) is -0.439. The van der Waals surface area contributed by atoms with Gasteiger partial charge in [-0.05, 0) is 50.6 Å². The Hall–Kier alpha value is -3.61. The van der Waals surface area contributed by atoms with E-state index in [1.54, 1.807) is 33.2 Å². The van der Waals surface area contributed by atoms with E-state index in [0.29, 0.717) is 24.2 Å². The predicted molar refractivity (Wildman–Crippen MR) is 120 cm³/mol. The standard InChI is InChI=1S/C24H28N4O3/c1-17(27-19-8-6-5-7-9-19)21-20(26-16-18-10-13-25-14-11-18)12-15-28(22(21)29)23(30)31-24(2,3)4/h5-11,13-14,26-27H,1,12,15-16H2,2-4H3. The molecule has 2 heterocycles. The van der Waals surface area contributed by atoms with Crippen LogP contribution < -0.4 is 10.6 Å². The smallest absolute Gasteiger partial charge is 0.417 e. The van der Waals surface area contributed by atoms with E-state index in [1.165, 1.54) is 0 Å². The van der Waals surface area contributed by atoms with Gasteiger partial charge in [0, 0.05) is 49.0 Å². The number of para-hydroxylation sites is 1. The van der Waals surface area contributed by atoms with Crippen molar-refractivity contribution in [1.29, 1.82) is 0 Å². The van der Waals surface area contributed by atoms with Gasteiger partial charge < -0.3 is 15.4 Å². The van der Waals surface area contributed by atoms with Crippen LogP contribution in [-0.4, -0.2) is 34.0 Å². The van der Waals surface area contributed by atoms with Crippen LogP contribution >= 0.6 is 0 Å². The maximum Gasteiger partial charge on any atom is 0.417 e. The molecular formula is C24H28N4O3. The van der Waals surface area contributed by atoms with Crippen LogP contribution in [0, 0.1) is 0 Å². The number of carbonyl (C=O) groups is 2. The highest BCUT2D eigenvalue weighted by atomic mass is 16.6. The van der Waals surface area contributed by atoms with Crippen molar-refractivity contribution in [3.8, 4) is 0 Å². The Morgan fingerprint density at radius 3 is 2.48 bits per heavy atom. The van der Waals surface area contributed by atoms with Crippen molar-refractivity contribution < 1.29 is 14.3 Å². The molecule has 1 aromatic heterocycles. The normalized spacial score (nSPS) is 14.3. The third-order valence-electron chi connectivity index (χ3n) is 4.59. The van der Waals surface area contributed by atoms with Crippen LogP contribution in [0.1, 0.15) is 32.8 Å². The Bertz CT molecular complexity index is 979. The SMILES string of the molecule is C=C(Nc1ccccc1)C1=C(NCc2ccncc2)CCN(C(=O)OC(C)(C)C)C1=O. The first kappa shape index (κ1) is 22.1. The Kier molecular flexibility index (Phi) is 6.74. The molecule has 0 saturated carbocycles. The molecule has 2 N–H and O–H groups in total. The zero-order valence-corrected chi connectivity index (χ0v) is 18.1. The van der Waals surface area contributed by atoms with Gasteiger partial charge in [0.05, 0.1) is 5.57 Å². The molecule has 3 rings (SSSR count). The molecule has 162 valence electrons. The number of nitrogens with zero attached hydrogens (tertiary/aromatic N) is 2. The van der Waals surface area contributed by atoms with Gasteiger partial charge in [-0.2, -0.15) is 0 Å². The van der Waals surface area contributed by atoms with E-state index in [0.717, 1.165) is 21.8 Å². The number of pyridine rings is 1. The summed E-state index contributed by atoms with van der Waals surface area (Å²) < 4.78 is 5.42. The number of aromatic nitrogens is 1. The topological polar surface area (TPSA) is 83.6 Å². The zero-order chi connectivity index (χ0) is 22.4. The first-order chi connectivity index (χ1) is 14.7. The predicted octanol–water partition coefficient (Wildman–Crippen LogP) is 4.22. The van der Waals surface area contributed by atoms with E-state index in [1.807, 2.05) is 42.5 Å². The summed E-state index contributed by atoms with van der Waals surface area (Å²) in [5, 5.41) is 6.52. The molecule has 0 atom stereocenters. The lowest BCUT2D eigenvalue weighted by Crippen LogP contribution is -2.46. The van der Waals surface area contributed by atoms with E-state index in [-0.39, 0.29) is 6.54 Å². The fourth-order valence-corrected chi connectivity index (χ4v) is 3.16. The largest absolute Gasteiger partial charge is 0.443 e. The molecule has 0 fully saturated rings. The van der Waals surface area contributed by atoms with E-state index in [2.05, 4.69) is 22.2 Å². The number of ether oxygens (including phenoxy) is 1. The van der Waals surface area contributed by atoms with Crippen LogP contribution in [0.3, 0.4) is 0 Å². The fourth-order valence-electron chi connectivity index (χ4n) is 3.16. The summed E-state index contributed by atoms with van der Waals surface area (Å²) in [6.07, 6.45) is 3.26. The molecule has 0 saturated heterocycles. The Labute approximate surface area is 182 Å². The fraction of sp³-hybridized carbons (Fsp3) is 0.292. The summed E-state index contributed by atoms with van der Waals surface area (Å²) >= 11 is 0. The number of anilines is 1. The number of amides is 2. The summed E-state index contributed by atoms with van der Waals surface area (Å²) in [4.78, 5) is 31.1. The number of hydrogen-bond acceptors (Lipinski definition) is 6. The van der Waals surface area contributed by atoms with Crippen molar-refractivity contribution in [3.63, 3.8) is 0 Å². The minimum absolute atomic E-state index is 0.231. The summed E-state index contributed by atoms with van der Waals surface area (Å²) in [6, 6.07) is 13.3. The minimum atomic E-state index is -0.694. The van der Waals surface area contributed by atoms with Crippen LogP contribution in [0.15, 0.2) is 78.4 Å². The molecule has 0 radical (unpaired) electrons. The van der Waals surface area contributed by atoms with Gasteiger partial charge in [0.1, 0.15) is 5.60 Å². The first-order valence-electron chi connectivity index (χ1n) is 10.2. The molecule has 0 bridgehead atoms. The van der Waals surface area contributed by atoms with Gasteiger partial charge in [0.25, 0.3) is 5.91 Å². The van der Waals surface area contributed by atoms with Gasteiger partial charge in [-0.25, -0.2) is 9.69 Å². The van der Waals surface area contributed by atoms with Crippen LogP contribution in [0.2, 0.25) is 0 Å². The van der Waals surface area contributed by atoms with E-state index < -0.39 is 17.6 Å². The zero-order valence-electron chi connectivity index (χ0n) is 18.1. The molecule has 1 aliphatic heterocycles. The molecule has 0 aliphatic carbocycles. The van der Waals surface area contributed by atoms with Crippen molar-refractivity contribution in [1.82, 2.24) is 15.2 Å². The number of hydrogen-bond donors (Lipinski definition) is 2. The molecule has 1 aromatic carbocycles. The number of carbonyl (C=O) groups excluding carboxylic acids is 2. The molecule has 31 heavy (non-hydrogen) atoms. The highest BCUT2D eigenvalue weighted by molar-refractivity contribution is 6.07. The Morgan fingerprint density at radius 1 is 1.16 bits per heavy atom. The maximum absolute atomic E-state index is 13.3. The van der Waals surface area contributed by atoms with Gasteiger partial charge in [-0.15, -0.1) is 0 Å². The summed E-state index contributed by atoms with van der Waals surface area (Å²) in [5.41, 5.74) is 2.63. The van der Waals surface area contributed by atoms with E-state index in [9.17, 15) is 9.59 Å². The highest BCUT2D eigenvalue weighted by Gasteiger charge is 2.35. The lowest BCUT2D eigenvalue weighted by molar-refractivity contribution is -0.126. The number of rotatable bonds is 6. The van der Waals surface area contributed by atoms with Crippen LogP contribution in [0.4, 0.5) is 10.5 Å². The lowest BCUT2D eigenvalue weighted by Gasteiger charge is -2.32. The molecule has 7 nitrogen and oxygen atoms in total. The maximum atomic E-state index is 13.3. The molecule has 2 amide bonds. The minimum Gasteiger partial charge on any atom is -0.443 e. The van der Waals surface area contributed by atoms with Crippen LogP contribution in [0.25, 0.3) is 0 Å². The third-order valence-corrected chi connectivity index (χ3v) is 4.59. The lowest BCUT2D eigenvalue weighted by atomic mass is 10.0. The average molecular weight is 421 g/mol. The second-order valence-corrected chi connectivity index (χ2v) is 8.22. The average Bonchev–Trinajstić information content (AvgIpc) is 2.72. The Morgan fingerprint density at radius 2 is 1.84 bits per heavy atom. The third kappa shape index (κ3) is 5.94. The van der Waals surface area contributed by atoms with E-state index >= 15 is 0 Å². The Balaban J connectivity index is 1.86. The first-order valence-corrected chi connectivity index (χ1v) is 10.2. The van der Waals surface area contributed by atoms with Gasteiger partial charge in [-0.3, -0.25) is 9.78 Å². The van der Waals surface area contributed by atoms with Crippen molar-refractivity contribution >= 4 is 17.7 Å². The number of benzene rings is 1. The second-order valence-electron chi connectivity index (χ2n) is 8.22. The molecule has 0 spiro atoms. The number of imide groups is 1. The molecular weight excluding hydrogens is 392 g/mol. The van der Waals surface area contributed by atoms with Crippen LogP contribution in [0.5, 0.6) is 0 Å². The highest BCUT2D eigenvalue weighted by Crippen LogP contribution is 2.26. The molecule has 1 aliphatic rings. The van der Waals surface area contributed by atoms with Gasteiger partial charge in [0.2, 0.25) is 0 Å². The molecule has 0 unspecified atom stereocenters. The van der Waals surface area contributed by atoms with Crippen molar-refractivity contribution in [3.05, 3.63) is 84.0 Å². The van der Waals surface area contributed by atoms with Crippen LogP contribution in [-0.2, 0) is 16.1 Å². The number of nitrogens with one attached hydrogen (secondary N) is 2.